The van der Waals surface area contributed by atoms with Crippen LogP contribution in [-0.4, -0.2) is 24.1 Å². The van der Waals surface area contributed by atoms with Crippen LogP contribution in [0.15, 0.2) is 48.5 Å². The number of carbonyl (C=O) groups is 2. The van der Waals surface area contributed by atoms with E-state index in [-0.39, 0.29) is 5.56 Å². The number of ether oxygens (including phenoxy) is 1. The third kappa shape index (κ3) is 3.56. The molecule has 0 fully saturated rings. The number of benzene rings is 2. The number of nitrogens with one attached hydrogen (secondary N) is 1. The van der Waals surface area contributed by atoms with Gasteiger partial charge in [0.25, 0.3) is 5.91 Å². The monoisotopic (exact) mass is 319 g/mol. The van der Waals surface area contributed by atoms with Crippen molar-refractivity contribution in [2.75, 3.05) is 7.11 Å². The lowest BCUT2D eigenvalue weighted by Crippen LogP contribution is -2.33. The Kier molecular flexibility index (Phi) is 5.01. The third-order valence-electron chi connectivity index (χ3n) is 3.08. The summed E-state index contributed by atoms with van der Waals surface area (Å²) in [6.45, 7) is 0. The van der Waals surface area contributed by atoms with Crippen molar-refractivity contribution in [1.82, 2.24) is 5.32 Å². The minimum atomic E-state index is -1.17. The third-order valence-corrected chi connectivity index (χ3v) is 3.33. The highest BCUT2D eigenvalue weighted by atomic mass is 35.5. The lowest BCUT2D eigenvalue weighted by Gasteiger charge is -2.16. The Morgan fingerprint density at radius 2 is 1.77 bits per heavy atom. The summed E-state index contributed by atoms with van der Waals surface area (Å²) < 4.78 is 5.10. The van der Waals surface area contributed by atoms with Gasteiger partial charge in [-0.05, 0) is 29.8 Å². The van der Waals surface area contributed by atoms with E-state index in [9.17, 15) is 14.7 Å². The molecular formula is C16H14ClNO4. The van der Waals surface area contributed by atoms with Crippen molar-refractivity contribution in [3.8, 4) is 5.75 Å². The molecule has 2 N–H and O–H groups in total. The van der Waals surface area contributed by atoms with Gasteiger partial charge in [0.15, 0.2) is 6.04 Å². The van der Waals surface area contributed by atoms with Gasteiger partial charge in [-0.1, -0.05) is 35.9 Å². The average Bonchev–Trinajstić information content (AvgIpc) is 2.53. The molecule has 2 aromatic carbocycles. The van der Waals surface area contributed by atoms with E-state index in [0.29, 0.717) is 16.3 Å². The first kappa shape index (κ1) is 15.9. The minimum absolute atomic E-state index is 0.269. The molecule has 114 valence electrons. The number of carboxylic acid groups (broad SMARTS) is 1. The molecule has 2 aromatic rings. The van der Waals surface area contributed by atoms with Gasteiger partial charge in [0.05, 0.1) is 12.7 Å². The van der Waals surface area contributed by atoms with Crippen molar-refractivity contribution < 1.29 is 19.4 Å². The van der Waals surface area contributed by atoms with Gasteiger partial charge >= 0.3 is 5.97 Å². The van der Waals surface area contributed by atoms with Crippen LogP contribution in [0.2, 0.25) is 5.02 Å². The summed E-state index contributed by atoms with van der Waals surface area (Å²) in [6, 6.07) is 11.7. The van der Waals surface area contributed by atoms with Crippen LogP contribution in [0, 0.1) is 0 Å². The molecule has 0 heterocycles. The Bertz CT molecular complexity index is 685. The van der Waals surface area contributed by atoms with Crippen LogP contribution in [-0.2, 0) is 4.79 Å². The Labute approximate surface area is 132 Å². The zero-order chi connectivity index (χ0) is 16.1. The largest absolute Gasteiger partial charge is 0.496 e. The lowest BCUT2D eigenvalue weighted by molar-refractivity contribution is -0.139. The second kappa shape index (κ2) is 6.95. The van der Waals surface area contributed by atoms with Gasteiger partial charge in [-0.3, -0.25) is 4.79 Å². The summed E-state index contributed by atoms with van der Waals surface area (Å²) in [6.07, 6.45) is 0. The Morgan fingerprint density at radius 1 is 1.14 bits per heavy atom. The SMILES string of the molecule is COc1ccccc1C(=O)NC(C(=O)O)c1ccc(Cl)cc1. The lowest BCUT2D eigenvalue weighted by atomic mass is 10.1. The van der Waals surface area contributed by atoms with Crippen LogP contribution in [0.1, 0.15) is 22.0 Å². The van der Waals surface area contributed by atoms with E-state index in [0.717, 1.165) is 0 Å². The van der Waals surface area contributed by atoms with E-state index in [1.54, 1.807) is 48.5 Å². The van der Waals surface area contributed by atoms with Crippen molar-refractivity contribution in [2.24, 2.45) is 0 Å². The Balaban J connectivity index is 2.26. The molecule has 0 radical (unpaired) electrons. The Hall–Kier alpha value is -2.53. The molecule has 2 rings (SSSR count). The summed E-state index contributed by atoms with van der Waals surface area (Å²) in [5, 5.41) is 12.3. The molecule has 0 bridgehead atoms. The van der Waals surface area contributed by atoms with Crippen LogP contribution in [0.25, 0.3) is 0 Å². The van der Waals surface area contributed by atoms with Crippen LogP contribution >= 0.6 is 11.6 Å². The molecular weight excluding hydrogens is 306 g/mol. The van der Waals surface area contributed by atoms with Crippen LogP contribution in [0.4, 0.5) is 0 Å². The number of halogens is 1. The second-order valence-corrected chi connectivity index (χ2v) is 4.93. The van der Waals surface area contributed by atoms with Gasteiger partial charge in [-0.15, -0.1) is 0 Å². The van der Waals surface area contributed by atoms with Gasteiger partial charge in [-0.2, -0.15) is 0 Å². The maximum Gasteiger partial charge on any atom is 0.330 e. The van der Waals surface area contributed by atoms with Gasteiger partial charge in [0.1, 0.15) is 5.75 Å². The number of aliphatic carboxylic acids is 1. The van der Waals surface area contributed by atoms with Crippen molar-refractivity contribution >= 4 is 23.5 Å². The molecule has 0 aliphatic carbocycles. The molecule has 0 saturated heterocycles. The van der Waals surface area contributed by atoms with Gasteiger partial charge in [0, 0.05) is 5.02 Å². The maximum absolute atomic E-state index is 12.3. The van der Waals surface area contributed by atoms with E-state index < -0.39 is 17.9 Å². The van der Waals surface area contributed by atoms with Crippen LogP contribution in [0.3, 0.4) is 0 Å². The normalized spacial score (nSPS) is 11.5. The first-order valence-corrected chi connectivity index (χ1v) is 6.83. The standard InChI is InChI=1S/C16H14ClNO4/c1-22-13-5-3-2-4-12(13)15(19)18-14(16(20)21)10-6-8-11(17)9-7-10/h2-9,14H,1H3,(H,18,19)(H,20,21). The van der Waals surface area contributed by atoms with Crippen molar-refractivity contribution in [2.45, 2.75) is 6.04 Å². The zero-order valence-electron chi connectivity index (χ0n) is 11.7. The molecule has 22 heavy (non-hydrogen) atoms. The molecule has 5 nitrogen and oxygen atoms in total. The highest BCUT2D eigenvalue weighted by Gasteiger charge is 2.23. The topological polar surface area (TPSA) is 75.6 Å². The molecule has 0 aliphatic rings. The maximum atomic E-state index is 12.3. The summed E-state index contributed by atoms with van der Waals surface area (Å²) in [4.78, 5) is 23.7. The van der Waals surface area contributed by atoms with Gasteiger partial charge in [-0.25, -0.2) is 4.79 Å². The Morgan fingerprint density at radius 3 is 2.36 bits per heavy atom. The molecule has 1 amide bonds. The van der Waals surface area contributed by atoms with Gasteiger partial charge < -0.3 is 15.2 Å². The fraction of sp³-hybridized carbons (Fsp3) is 0.125. The molecule has 0 aliphatic heterocycles. The van der Waals surface area contributed by atoms with E-state index in [4.69, 9.17) is 16.3 Å². The van der Waals surface area contributed by atoms with E-state index in [2.05, 4.69) is 5.32 Å². The first-order valence-electron chi connectivity index (χ1n) is 6.45. The van der Waals surface area contributed by atoms with E-state index in [1.165, 1.54) is 7.11 Å². The minimum Gasteiger partial charge on any atom is -0.496 e. The summed E-state index contributed by atoms with van der Waals surface area (Å²) in [7, 11) is 1.44. The fourth-order valence-electron chi connectivity index (χ4n) is 1.98. The van der Waals surface area contributed by atoms with E-state index in [1.807, 2.05) is 0 Å². The smallest absolute Gasteiger partial charge is 0.330 e. The molecule has 6 heteroatoms. The molecule has 0 spiro atoms. The first-order chi connectivity index (χ1) is 10.5. The fourth-order valence-corrected chi connectivity index (χ4v) is 2.11. The molecule has 1 atom stereocenters. The number of carboxylic acids is 1. The highest BCUT2D eigenvalue weighted by molar-refractivity contribution is 6.30. The summed E-state index contributed by atoms with van der Waals surface area (Å²) >= 11 is 5.79. The predicted octanol–water partition coefficient (Wildman–Crippen LogP) is 2.90. The average molecular weight is 320 g/mol. The number of rotatable bonds is 5. The number of para-hydroxylation sites is 1. The summed E-state index contributed by atoms with van der Waals surface area (Å²) in [5.41, 5.74) is 0.699. The molecule has 0 aromatic heterocycles. The highest BCUT2D eigenvalue weighted by Crippen LogP contribution is 2.21. The molecule has 0 saturated carbocycles. The second-order valence-electron chi connectivity index (χ2n) is 4.50. The zero-order valence-corrected chi connectivity index (χ0v) is 12.5. The van der Waals surface area contributed by atoms with Crippen molar-refractivity contribution in [3.05, 3.63) is 64.7 Å². The van der Waals surface area contributed by atoms with Gasteiger partial charge in [0.2, 0.25) is 0 Å². The van der Waals surface area contributed by atoms with Crippen LogP contribution in [0.5, 0.6) is 5.75 Å². The number of hydrogen-bond donors (Lipinski definition) is 2. The van der Waals surface area contributed by atoms with Crippen molar-refractivity contribution in [3.63, 3.8) is 0 Å². The number of amides is 1. The van der Waals surface area contributed by atoms with E-state index >= 15 is 0 Å². The molecule has 1 unspecified atom stereocenters. The number of hydrogen-bond acceptors (Lipinski definition) is 3. The number of methoxy groups -OCH3 is 1. The number of carbonyl (C=O) groups excluding carboxylic acids is 1. The van der Waals surface area contributed by atoms with Crippen molar-refractivity contribution in [1.29, 1.82) is 0 Å². The summed E-state index contributed by atoms with van der Waals surface area (Å²) in [5.74, 6) is -1.31. The predicted molar refractivity (Wildman–Crippen MR) is 82.3 cm³/mol. The van der Waals surface area contributed by atoms with Crippen LogP contribution < -0.4 is 10.1 Å². The quantitative estimate of drug-likeness (QED) is 0.888.